The Labute approximate surface area is 94.2 Å². The largest absolute Gasteiger partial charge is 0.390 e. The maximum absolute atomic E-state index is 11.4. The van der Waals surface area contributed by atoms with Crippen LogP contribution in [0.4, 0.5) is 0 Å². The van der Waals surface area contributed by atoms with Crippen molar-refractivity contribution in [3.05, 3.63) is 35.4 Å². The van der Waals surface area contributed by atoms with E-state index in [1.165, 1.54) is 7.11 Å². The summed E-state index contributed by atoms with van der Waals surface area (Å²) in [6.45, 7) is 0.0192. The predicted octanol–water partition coefficient (Wildman–Crippen LogP) is 0.407. The number of carbonyl (C=O) groups is 1. The molecule has 0 saturated heterocycles. The average molecular weight is 221 g/mol. The summed E-state index contributed by atoms with van der Waals surface area (Å²) < 4.78 is 4.74. The van der Waals surface area contributed by atoms with E-state index in [9.17, 15) is 9.90 Å². The van der Waals surface area contributed by atoms with Gasteiger partial charge in [0.1, 0.15) is 6.61 Å². The summed E-state index contributed by atoms with van der Waals surface area (Å²) in [5, 5.41) is 12.6. The molecule has 16 heavy (non-hydrogen) atoms. The number of aliphatic hydroxyl groups excluding tert-OH is 1. The molecule has 86 valence electrons. The van der Waals surface area contributed by atoms with Gasteiger partial charge in [0.15, 0.2) is 0 Å². The summed E-state index contributed by atoms with van der Waals surface area (Å²) in [6.07, 6.45) is 0.0480. The summed E-state index contributed by atoms with van der Waals surface area (Å²) in [6, 6.07) is 7.44. The van der Waals surface area contributed by atoms with E-state index in [1.807, 2.05) is 24.3 Å². The van der Waals surface area contributed by atoms with E-state index in [-0.39, 0.29) is 18.6 Å². The highest BCUT2D eigenvalue weighted by molar-refractivity contribution is 5.78. The van der Waals surface area contributed by atoms with Gasteiger partial charge < -0.3 is 15.2 Å². The van der Waals surface area contributed by atoms with Crippen LogP contribution in [0.2, 0.25) is 0 Å². The second-order valence-corrected chi connectivity index (χ2v) is 3.95. The van der Waals surface area contributed by atoms with Crippen LogP contribution in [0.15, 0.2) is 24.3 Å². The molecule has 0 spiro atoms. The molecule has 1 aromatic rings. The lowest BCUT2D eigenvalue weighted by Crippen LogP contribution is -2.35. The minimum absolute atomic E-state index is 0.0192. The SMILES string of the molecule is COCC(=O)N[C@@H]1c2ccccc2C[C@@H]1O. The first-order valence-corrected chi connectivity index (χ1v) is 5.26. The van der Waals surface area contributed by atoms with Gasteiger partial charge in [0.05, 0.1) is 12.1 Å². The maximum Gasteiger partial charge on any atom is 0.246 e. The lowest BCUT2D eigenvalue weighted by molar-refractivity contribution is -0.126. The van der Waals surface area contributed by atoms with Crippen LogP contribution in [0, 0.1) is 0 Å². The van der Waals surface area contributed by atoms with Crippen molar-refractivity contribution in [3.63, 3.8) is 0 Å². The summed E-state index contributed by atoms with van der Waals surface area (Å²) in [5.74, 6) is -0.205. The van der Waals surface area contributed by atoms with E-state index in [1.54, 1.807) is 0 Å². The van der Waals surface area contributed by atoms with Gasteiger partial charge in [-0.2, -0.15) is 0 Å². The number of methoxy groups -OCH3 is 1. The Morgan fingerprint density at radius 1 is 1.56 bits per heavy atom. The van der Waals surface area contributed by atoms with Crippen molar-refractivity contribution in [3.8, 4) is 0 Å². The highest BCUT2D eigenvalue weighted by Crippen LogP contribution is 2.30. The molecule has 0 heterocycles. The Morgan fingerprint density at radius 3 is 3.06 bits per heavy atom. The first-order valence-electron chi connectivity index (χ1n) is 5.26. The van der Waals surface area contributed by atoms with Crippen LogP contribution in [0.1, 0.15) is 17.2 Å². The van der Waals surface area contributed by atoms with Crippen LogP contribution in [0.5, 0.6) is 0 Å². The van der Waals surface area contributed by atoms with E-state index in [0.29, 0.717) is 6.42 Å². The van der Waals surface area contributed by atoms with Gasteiger partial charge in [-0.15, -0.1) is 0 Å². The van der Waals surface area contributed by atoms with Gasteiger partial charge in [-0.05, 0) is 11.1 Å². The number of hydrogen-bond donors (Lipinski definition) is 2. The molecule has 0 fully saturated rings. The van der Waals surface area contributed by atoms with E-state index in [4.69, 9.17) is 4.74 Å². The molecule has 2 atom stereocenters. The van der Waals surface area contributed by atoms with Crippen LogP contribution < -0.4 is 5.32 Å². The highest BCUT2D eigenvalue weighted by atomic mass is 16.5. The van der Waals surface area contributed by atoms with Crippen LogP contribution >= 0.6 is 0 Å². The normalized spacial score (nSPS) is 22.9. The van der Waals surface area contributed by atoms with Crippen LogP contribution in [-0.4, -0.2) is 30.8 Å². The van der Waals surface area contributed by atoms with E-state index in [0.717, 1.165) is 11.1 Å². The molecule has 0 aromatic heterocycles. The third kappa shape index (κ3) is 2.08. The molecule has 0 radical (unpaired) electrons. The number of aliphatic hydroxyl groups is 1. The zero-order chi connectivity index (χ0) is 11.5. The number of nitrogens with one attached hydrogen (secondary N) is 1. The molecule has 4 heteroatoms. The zero-order valence-corrected chi connectivity index (χ0v) is 9.14. The van der Waals surface area contributed by atoms with Crippen molar-refractivity contribution >= 4 is 5.91 Å². The van der Waals surface area contributed by atoms with E-state index in [2.05, 4.69) is 5.32 Å². The second kappa shape index (κ2) is 4.63. The minimum atomic E-state index is -0.543. The predicted molar refractivity (Wildman–Crippen MR) is 58.9 cm³/mol. The topological polar surface area (TPSA) is 58.6 Å². The Bertz CT molecular complexity index is 392. The van der Waals surface area contributed by atoms with Crippen molar-refractivity contribution in [1.29, 1.82) is 0 Å². The standard InChI is InChI=1S/C12H15NO3/c1-16-7-11(15)13-12-9-5-3-2-4-8(9)6-10(12)14/h2-5,10,12,14H,6-7H2,1H3,(H,13,15)/t10-,12+/m0/s1. The Morgan fingerprint density at radius 2 is 2.31 bits per heavy atom. The van der Waals surface area contributed by atoms with Crippen LogP contribution in [0.3, 0.4) is 0 Å². The Hall–Kier alpha value is -1.39. The number of amides is 1. The molecule has 2 rings (SSSR count). The second-order valence-electron chi connectivity index (χ2n) is 3.95. The Kier molecular flexibility index (Phi) is 3.22. The molecular weight excluding hydrogens is 206 g/mol. The Balaban J connectivity index is 2.13. The minimum Gasteiger partial charge on any atom is -0.390 e. The summed E-state index contributed by atoms with van der Waals surface area (Å²) in [7, 11) is 1.47. The molecule has 0 aliphatic heterocycles. The fourth-order valence-corrected chi connectivity index (χ4v) is 2.09. The molecule has 0 bridgehead atoms. The zero-order valence-electron chi connectivity index (χ0n) is 9.14. The lowest BCUT2D eigenvalue weighted by Gasteiger charge is -2.17. The third-order valence-electron chi connectivity index (χ3n) is 2.80. The van der Waals surface area contributed by atoms with Crippen molar-refractivity contribution in [2.75, 3.05) is 13.7 Å². The highest BCUT2D eigenvalue weighted by Gasteiger charge is 2.31. The number of rotatable bonds is 3. The number of hydrogen-bond acceptors (Lipinski definition) is 3. The first kappa shape index (κ1) is 11.1. The van der Waals surface area contributed by atoms with Gasteiger partial charge in [-0.3, -0.25) is 4.79 Å². The first-order chi connectivity index (χ1) is 7.72. The number of benzene rings is 1. The fraction of sp³-hybridized carbons (Fsp3) is 0.417. The smallest absolute Gasteiger partial charge is 0.246 e. The molecule has 1 amide bonds. The summed E-state index contributed by atoms with van der Waals surface area (Å²) in [4.78, 5) is 11.4. The molecular formula is C12H15NO3. The number of ether oxygens (including phenoxy) is 1. The van der Waals surface area contributed by atoms with Crippen LogP contribution in [0.25, 0.3) is 0 Å². The molecule has 0 unspecified atom stereocenters. The average Bonchev–Trinajstić information content (AvgIpc) is 2.56. The maximum atomic E-state index is 11.4. The molecule has 1 aliphatic carbocycles. The van der Waals surface area contributed by atoms with Gasteiger partial charge >= 0.3 is 0 Å². The van der Waals surface area contributed by atoms with Gasteiger partial charge in [0, 0.05) is 13.5 Å². The van der Waals surface area contributed by atoms with Crippen molar-refractivity contribution < 1.29 is 14.6 Å². The van der Waals surface area contributed by atoms with E-state index >= 15 is 0 Å². The van der Waals surface area contributed by atoms with Crippen molar-refractivity contribution in [2.45, 2.75) is 18.6 Å². The summed E-state index contributed by atoms with van der Waals surface area (Å²) >= 11 is 0. The third-order valence-corrected chi connectivity index (χ3v) is 2.80. The van der Waals surface area contributed by atoms with Gasteiger partial charge in [0.2, 0.25) is 5.91 Å². The van der Waals surface area contributed by atoms with Crippen molar-refractivity contribution in [2.24, 2.45) is 0 Å². The number of carbonyl (C=O) groups excluding carboxylic acids is 1. The van der Waals surface area contributed by atoms with Gasteiger partial charge in [-0.25, -0.2) is 0 Å². The summed E-state index contributed by atoms with van der Waals surface area (Å²) in [5.41, 5.74) is 2.09. The van der Waals surface area contributed by atoms with Gasteiger partial charge in [-0.1, -0.05) is 24.3 Å². The molecule has 4 nitrogen and oxygen atoms in total. The quantitative estimate of drug-likeness (QED) is 0.777. The molecule has 1 aliphatic rings. The van der Waals surface area contributed by atoms with Gasteiger partial charge in [0.25, 0.3) is 0 Å². The fourth-order valence-electron chi connectivity index (χ4n) is 2.09. The molecule has 0 saturated carbocycles. The molecule has 1 aromatic carbocycles. The monoisotopic (exact) mass is 221 g/mol. The van der Waals surface area contributed by atoms with Crippen molar-refractivity contribution in [1.82, 2.24) is 5.32 Å². The lowest BCUT2D eigenvalue weighted by atomic mass is 10.1. The van der Waals surface area contributed by atoms with E-state index < -0.39 is 6.10 Å². The number of fused-ring (bicyclic) bond motifs is 1. The van der Waals surface area contributed by atoms with Crippen LogP contribution in [-0.2, 0) is 16.0 Å². The molecule has 2 N–H and O–H groups in total.